The highest BCUT2D eigenvalue weighted by molar-refractivity contribution is 7.71. The quantitative estimate of drug-likeness (QED) is 0.611. The van der Waals surface area contributed by atoms with Crippen LogP contribution in [-0.4, -0.2) is 9.55 Å². The summed E-state index contributed by atoms with van der Waals surface area (Å²) in [4.78, 5) is 13.7. The molecule has 0 fully saturated rings. The molecule has 1 N–H and O–H groups in total. The molecule has 0 aliphatic carbocycles. The zero-order valence-corrected chi connectivity index (χ0v) is 10.8. The maximum Gasteiger partial charge on any atom is 0.251 e. The third-order valence-electron chi connectivity index (χ3n) is 2.80. The second-order valence-corrected chi connectivity index (χ2v) is 4.60. The SMILES string of the molecule is CCCCCCC(C)n1ccc(=O)[nH]c1=S. The molecule has 4 heteroatoms. The summed E-state index contributed by atoms with van der Waals surface area (Å²) in [5, 5.41) is 0. The monoisotopic (exact) mass is 240 g/mol. The first-order chi connectivity index (χ1) is 7.65. The Bertz CT molecular complexity index is 422. The van der Waals surface area contributed by atoms with Crippen LogP contribution in [0.5, 0.6) is 0 Å². The van der Waals surface area contributed by atoms with E-state index in [0.29, 0.717) is 10.8 Å². The molecular weight excluding hydrogens is 220 g/mol. The standard InChI is InChI=1S/C12H20N2OS/c1-3-4-5-6-7-10(2)14-9-8-11(15)13-12(14)16/h8-10H,3-7H2,1-2H3,(H,13,15,16). The zero-order chi connectivity index (χ0) is 12.0. The Kier molecular flexibility index (Phi) is 5.46. The smallest absolute Gasteiger partial charge is 0.251 e. The van der Waals surface area contributed by atoms with Gasteiger partial charge in [-0.15, -0.1) is 0 Å². The Morgan fingerprint density at radius 1 is 1.44 bits per heavy atom. The zero-order valence-electron chi connectivity index (χ0n) is 10.0. The van der Waals surface area contributed by atoms with Gasteiger partial charge in [0.2, 0.25) is 0 Å². The van der Waals surface area contributed by atoms with Crippen LogP contribution in [0.2, 0.25) is 0 Å². The molecule has 90 valence electrons. The molecule has 1 rings (SSSR count). The van der Waals surface area contributed by atoms with E-state index in [1.807, 2.05) is 4.57 Å². The summed E-state index contributed by atoms with van der Waals surface area (Å²) in [6, 6.07) is 1.89. The maximum absolute atomic E-state index is 11.0. The molecule has 1 heterocycles. The van der Waals surface area contributed by atoms with Gasteiger partial charge in [-0.2, -0.15) is 0 Å². The van der Waals surface area contributed by atoms with Crippen molar-refractivity contribution in [3.63, 3.8) is 0 Å². The van der Waals surface area contributed by atoms with Gasteiger partial charge in [-0.1, -0.05) is 32.6 Å². The number of nitrogens with zero attached hydrogens (tertiary/aromatic N) is 1. The molecule has 0 bridgehead atoms. The molecule has 1 aromatic rings. The average molecular weight is 240 g/mol. The molecule has 16 heavy (non-hydrogen) atoms. The molecule has 0 saturated carbocycles. The summed E-state index contributed by atoms with van der Waals surface area (Å²) in [6.45, 7) is 4.35. The highest BCUT2D eigenvalue weighted by atomic mass is 32.1. The third kappa shape index (κ3) is 3.93. The summed E-state index contributed by atoms with van der Waals surface area (Å²) >= 11 is 5.12. The van der Waals surface area contributed by atoms with Gasteiger partial charge in [-0.25, -0.2) is 0 Å². The van der Waals surface area contributed by atoms with Gasteiger partial charge in [0, 0.05) is 18.3 Å². The Morgan fingerprint density at radius 3 is 2.81 bits per heavy atom. The van der Waals surface area contributed by atoms with Gasteiger partial charge in [-0.3, -0.25) is 9.78 Å². The van der Waals surface area contributed by atoms with Crippen molar-refractivity contribution in [3.8, 4) is 0 Å². The summed E-state index contributed by atoms with van der Waals surface area (Å²) in [5.74, 6) is 0. The van der Waals surface area contributed by atoms with E-state index < -0.39 is 0 Å². The van der Waals surface area contributed by atoms with Crippen LogP contribution in [0.25, 0.3) is 0 Å². The van der Waals surface area contributed by atoms with Crippen molar-refractivity contribution in [2.45, 2.75) is 52.0 Å². The Hall–Kier alpha value is -0.900. The van der Waals surface area contributed by atoms with Crippen LogP contribution in [0.4, 0.5) is 0 Å². The first kappa shape index (κ1) is 13.2. The van der Waals surface area contributed by atoms with E-state index in [0.717, 1.165) is 6.42 Å². The second-order valence-electron chi connectivity index (χ2n) is 4.22. The van der Waals surface area contributed by atoms with Crippen molar-refractivity contribution in [3.05, 3.63) is 27.4 Å². The lowest BCUT2D eigenvalue weighted by Gasteiger charge is -2.15. The van der Waals surface area contributed by atoms with Crippen LogP contribution in [0, 0.1) is 4.77 Å². The van der Waals surface area contributed by atoms with Crippen molar-refractivity contribution in [2.75, 3.05) is 0 Å². The van der Waals surface area contributed by atoms with E-state index in [2.05, 4.69) is 18.8 Å². The third-order valence-corrected chi connectivity index (χ3v) is 3.11. The first-order valence-electron chi connectivity index (χ1n) is 5.96. The maximum atomic E-state index is 11.0. The van der Waals surface area contributed by atoms with Crippen molar-refractivity contribution < 1.29 is 0 Å². The highest BCUT2D eigenvalue weighted by Crippen LogP contribution is 2.15. The number of hydrogen-bond acceptors (Lipinski definition) is 2. The van der Waals surface area contributed by atoms with E-state index >= 15 is 0 Å². The van der Waals surface area contributed by atoms with Crippen molar-refractivity contribution >= 4 is 12.2 Å². The molecule has 0 spiro atoms. The van der Waals surface area contributed by atoms with Crippen molar-refractivity contribution in [1.29, 1.82) is 0 Å². The number of unbranched alkanes of at least 4 members (excludes halogenated alkanes) is 3. The number of H-pyrrole nitrogens is 1. The average Bonchev–Trinajstić information content (AvgIpc) is 2.24. The Balaban J connectivity index is 2.56. The molecule has 1 unspecified atom stereocenters. The second kappa shape index (κ2) is 6.63. The van der Waals surface area contributed by atoms with Gasteiger partial charge in [0.15, 0.2) is 4.77 Å². The molecule has 0 aromatic carbocycles. The molecule has 0 aliphatic rings. The molecule has 0 amide bonds. The van der Waals surface area contributed by atoms with Gasteiger partial charge in [0.1, 0.15) is 0 Å². The molecule has 3 nitrogen and oxygen atoms in total. The lowest BCUT2D eigenvalue weighted by molar-refractivity contribution is 0.460. The van der Waals surface area contributed by atoms with E-state index in [1.54, 1.807) is 6.20 Å². The minimum atomic E-state index is -0.126. The number of aromatic amines is 1. The van der Waals surface area contributed by atoms with Crippen molar-refractivity contribution in [2.24, 2.45) is 0 Å². The van der Waals surface area contributed by atoms with E-state index in [4.69, 9.17) is 12.2 Å². The molecule has 0 saturated heterocycles. The number of aromatic nitrogens is 2. The number of rotatable bonds is 6. The van der Waals surface area contributed by atoms with E-state index in [-0.39, 0.29) is 5.56 Å². The van der Waals surface area contributed by atoms with Crippen LogP contribution in [0.3, 0.4) is 0 Å². The largest absolute Gasteiger partial charge is 0.322 e. The highest BCUT2D eigenvalue weighted by Gasteiger charge is 2.04. The van der Waals surface area contributed by atoms with Crippen LogP contribution in [0.15, 0.2) is 17.1 Å². The lowest BCUT2D eigenvalue weighted by Crippen LogP contribution is -2.14. The van der Waals surface area contributed by atoms with Gasteiger partial charge in [0.25, 0.3) is 5.56 Å². The van der Waals surface area contributed by atoms with Gasteiger partial charge in [-0.05, 0) is 25.6 Å². The topological polar surface area (TPSA) is 37.8 Å². The fourth-order valence-electron chi connectivity index (χ4n) is 1.78. The van der Waals surface area contributed by atoms with Gasteiger partial charge in [0.05, 0.1) is 0 Å². The fraction of sp³-hybridized carbons (Fsp3) is 0.667. The minimum Gasteiger partial charge on any atom is -0.322 e. The van der Waals surface area contributed by atoms with Gasteiger partial charge < -0.3 is 4.57 Å². The molecule has 0 radical (unpaired) electrons. The first-order valence-corrected chi connectivity index (χ1v) is 6.37. The summed E-state index contributed by atoms with van der Waals surface area (Å²) in [6.07, 6.45) is 7.94. The predicted octanol–water partition coefficient (Wildman–Crippen LogP) is 3.44. The van der Waals surface area contributed by atoms with Crippen LogP contribution in [-0.2, 0) is 0 Å². The Morgan fingerprint density at radius 2 is 2.19 bits per heavy atom. The van der Waals surface area contributed by atoms with E-state index in [1.165, 1.54) is 31.7 Å². The molecule has 0 aliphatic heterocycles. The minimum absolute atomic E-state index is 0.126. The number of hydrogen-bond donors (Lipinski definition) is 1. The summed E-state index contributed by atoms with van der Waals surface area (Å²) in [7, 11) is 0. The number of nitrogens with one attached hydrogen (secondary N) is 1. The molecule has 1 atom stereocenters. The fourth-order valence-corrected chi connectivity index (χ4v) is 2.12. The molecule has 1 aromatic heterocycles. The summed E-state index contributed by atoms with van der Waals surface area (Å²) < 4.78 is 2.48. The van der Waals surface area contributed by atoms with Gasteiger partial charge >= 0.3 is 0 Å². The lowest BCUT2D eigenvalue weighted by atomic mass is 10.1. The normalized spacial score (nSPS) is 12.6. The van der Waals surface area contributed by atoms with Crippen LogP contribution < -0.4 is 5.56 Å². The summed E-state index contributed by atoms with van der Waals surface area (Å²) in [5.41, 5.74) is -0.126. The van der Waals surface area contributed by atoms with Crippen LogP contribution in [0.1, 0.15) is 52.0 Å². The molecular formula is C12H20N2OS. The van der Waals surface area contributed by atoms with E-state index in [9.17, 15) is 4.79 Å². The Labute approximate surface area is 102 Å². The van der Waals surface area contributed by atoms with Crippen LogP contribution >= 0.6 is 12.2 Å². The van der Waals surface area contributed by atoms with Crippen molar-refractivity contribution in [1.82, 2.24) is 9.55 Å². The predicted molar refractivity (Wildman–Crippen MR) is 69.4 cm³/mol.